The van der Waals surface area contributed by atoms with Crippen molar-refractivity contribution in [3.05, 3.63) is 54.1 Å². The summed E-state index contributed by atoms with van der Waals surface area (Å²) in [6, 6.07) is 9.54. The largest absolute Gasteiger partial charge is 0.491 e. The van der Waals surface area contributed by atoms with E-state index in [2.05, 4.69) is 10.6 Å². The third-order valence-corrected chi connectivity index (χ3v) is 4.04. The van der Waals surface area contributed by atoms with Gasteiger partial charge in [0, 0.05) is 17.4 Å². The van der Waals surface area contributed by atoms with Crippen LogP contribution in [0.2, 0.25) is 0 Å². The molecular formula is C18H18F2N2O3S. The Morgan fingerprint density at radius 1 is 0.962 bits per heavy atom. The summed E-state index contributed by atoms with van der Waals surface area (Å²) in [4.78, 5) is 23.6. The van der Waals surface area contributed by atoms with E-state index in [0.29, 0.717) is 18.0 Å². The minimum Gasteiger partial charge on any atom is -0.491 e. The van der Waals surface area contributed by atoms with E-state index in [-0.39, 0.29) is 34.9 Å². The molecule has 0 aliphatic rings. The minimum atomic E-state index is -0.559. The van der Waals surface area contributed by atoms with Gasteiger partial charge in [-0.25, -0.2) is 8.78 Å². The number of ether oxygens (including phenoxy) is 1. The highest BCUT2D eigenvalue weighted by Crippen LogP contribution is 2.21. The lowest BCUT2D eigenvalue weighted by Gasteiger charge is -2.08. The summed E-state index contributed by atoms with van der Waals surface area (Å²) in [5.41, 5.74) is 0.790. The molecule has 2 aromatic rings. The second kappa shape index (κ2) is 9.76. The molecule has 0 heterocycles. The lowest BCUT2D eigenvalue weighted by Crippen LogP contribution is -2.18. The number of carbonyl (C=O) groups is 2. The Morgan fingerprint density at radius 3 is 2.12 bits per heavy atom. The SMILES string of the molecule is CCOc1ccc(NC(=O)CSCC(=O)Nc2ccc(F)cc2)cc1F. The predicted octanol–water partition coefficient (Wildman–Crippen LogP) is 3.67. The summed E-state index contributed by atoms with van der Waals surface area (Å²) in [5, 5.41) is 5.15. The van der Waals surface area contributed by atoms with Crippen LogP contribution in [0.5, 0.6) is 5.75 Å². The lowest BCUT2D eigenvalue weighted by molar-refractivity contribution is -0.114. The number of amides is 2. The lowest BCUT2D eigenvalue weighted by atomic mass is 10.3. The molecule has 0 aromatic heterocycles. The van der Waals surface area contributed by atoms with E-state index < -0.39 is 5.82 Å². The highest BCUT2D eigenvalue weighted by molar-refractivity contribution is 8.00. The van der Waals surface area contributed by atoms with Gasteiger partial charge in [-0.05, 0) is 43.3 Å². The zero-order valence-electron chi connectivity index (χ0n) is 14.1. The molecule has 8 heteroatoms. The molecule has 2 aromatic carbocycles. The number of halogens is 2. The van der Waals surface area contributed by atoms with Crippen molar-refractivity contribution in [2.24, 2.45) is 0 Å². The minimum absolute atomic E-state index is 0.0334. The van der Waals surface area contributed by atoms with E-state index in [1.165, 1.54) is 42.5 Å². The number of nitrogens with one attached hydrogen (secondary N) is 2. The fraction of sp³-hybridized carbons (Fsp3) is 0.222. The average molecular weight is 380 g/mol. The molecule has 138 valence electrons. The van der Waals surface area contributed by atoms with Crippen molar-refractivity contribution < 1.29 is 23.1 Å². The van der Waals surface area contributed by atoms with Crippen LogP contribution in [0.1, 0.15) is 6.92 Å². The van der Waals surface area contributed by atoms with Gasteiger partial charge in [0.05, 0.1) is 18.1 Å². The molecule has 2 N–H and O–H groups in total. The van der Waals surface area contributed by atoms with Crippen LogP contribution in [0.15, 0.2) is 42.5 Å². The molecule has 0 radical (unpaired) electrons. The van der Waals surface area contributed by atoms with Crippen molar-refractivity contribution in [3.63, 3.8) is 0 Å². The van der Waals surface area contributed by atoms with Crippen molar-refractivity contribution in [2.75, 3.05) is 28.7 Å². The quantitative estimate of drug-likeness (QED) is 0.733. The van der Waals surface area contributed by atoms with E-state index in [1.54, 1.807) is 6.92 Å². The Kier molecular flexibility index (Phi) is 7.40. The molecular weight excluding hydrogens is 362 g/mol. The maximum absolute atomic E-state index is 13.7. The third-order valence-electron chi connectivity index (χ3n) is 3.11. The van der Waals surface area contributed by atoms with E-state index in [1.807, 2.05) is 0 Å². The van der Waals surface area contributed by atoms with Gasteiger partial charge in [0.25, 0.3) is 0 Å². The summed E-state index contributed by atoms with van der Waals surface area (Å²) >= 11 is 1.11. The molecule has 0 fully saturated rings. The van der Waals surface area contributed by atoms with E-state index >= 15 is 0 Å². The summed E-state index contributed by atoms with van der Waals surface area (Å²) < 4.78 is 31.6. The molecule has 0 saturated heterocycles. The number of benzene rings is 2. The van der Waals surface area contributed by atoms with Gasteiger partial charge in [-0.1, -0.05) is 0 Å². The van der Waals surface area contributed by atoms with Crippen LogP contribution in [0.4, 0.5) is 20.2 Å². The Bertz CT molecular complexity index is 770. The number of rotatable bonds is 8. The van der Waals surface area contributed by atoms with Gasteiger partial charge in [-0.3, -0.25) is 9.59 Å². The van der Waals surface area contributed by atoms with E-state index in [4.69, 9.17) is 4.74 Å². The second-order valence-corrected chi connectivity index (χ2v) is 6.16. The molecule has 5 nitrogen and oxygen atoms in total. The molecule has 0 bridgehead atoms. The van der Waals surface area contributed by atoms with Crippen molar-refractivity contribution >= 4 is 35.0 Å². The van der Waals surface area contributed by atoms with Gasteiger partial charge in [0.1, 0.15) is 5.82 Å². The van der Waals surface area contributed by atoms with Crippen molar-refractivity contribution in [1.29, 1.82) is 0 Å². The van der Waals surface area contributed by atoms with Gasteiger partial charge < -0.3 is 15.4 Å². The maximum Gasteiger partial charge on any atom is 0.234 e. The van der Waals surface area contributed by atoms with Crippen molar-refractivity contribution in [1.82, 2.24) is 0 Å². The first-order valence-electron chi connectivity index (χ1n) is 7.83. The molecule has 0 spiro atoms. The normalized spacial score (nSPS) is 10.3. The molecule has 2 rings (SSSR count). The van der Waals surface area contributed by atoms with E-state index in [9.17, 15) is 18.4 Å². The zero-order valence-corrected chi connectivity index (χ0v) is 14.9. The van der Waals surface area contributed by atoms with Crippen LogP contribution in [-0.4, -0.2) is 29.9 Å². The topological polar surface area (TPSA) is 67.4 Å². The fourth-order valence-electron chi connectivity index (χ4n) is 2.01. The van der Waals surface area contributed by atoms with Crippen molar-refractivity contribution in [3.8, 4) is 5.75 Å². The summed E-state index contributed by atoms with van der Waals surface area (Å²) in [6.45, 7) is 2.10. The zero-order chi connectivity index (χ0) is 18.9. The average Bonchev–Trinajstić information content (AvgIpc) is 2.59. The van der Waals surface area contributed by atoms with Gasteiger partial charge in [0.2, 0.25) is 11.8 Å². The number of anilines is 2. The van der Waals surface area contributed by atoms with Gasteiger partial charge in [0.15, 0.2) is 11.6 Å². The first-order chi connectivity index (χ1) is 12.5. The van der Waals surface area contributed by atoms with Crippen LogP contribution in [-0.2, 0) is 9.59 Å². The number of thioether (sulfide) groups is 1. The predicted molar refractivity (Wildman–Crippen MR) is 98.6 cm³/mol. The van der Waals surface area contributed by atoms with Gasteiger partial charge >= 0.3 is 0 Å². The maximum atomic E-state index is 13.7. The summed E-state index contributed by atoms with van der Waals surface area (Å²) in [7, 11) is 0. The Hall–Kier alpha value is -2.61. The number of hydrogen-bond donors (Lipinski definition) is 2. The van der Waals surface area contributed by atoms with Crippen LogP contribution < -0.4 is 15.4 Å². The molecule has 0 unspecified atom stereocenters. The van der Waals surface area contributed by atoms with E-state index in [0.717, 1.165) is 11.8 Å². The molecule has 0 saturated carbocycles. The number of hydrogen-bond acceptors (Lipinski definition) is 4. The van der Waals surface area contributed by atoms with Gasteiger partial charge in [-0.15, -0.1) is 11.8 Å². The van der Waals surface area contributed by atoms with Crippen LogP contribution in [0.3, 0.4) is 0 Å². The fourth-order valence-corrected chi connectivity index (χ4v) is 2.63. The highest BCUT2D eigenvalue weighted by atomic mass is 32.2. The smallest absolute Gasteiger partial charge is 0.234 e. The van der Waals surface area contributed by atoms with Crippen LogP contribution in [0.25, 0.3) is 0 Å². The summed E-state index contributed by atoms with van der Waals surface area (Å²) in [6.07, 6.45) is 0. The van der Waals surface area contributed by atoms with Crippen LogP contribution in [0, 0.1) is 11.6 Å². The highest BCUT2D eigenvalue weighted by Gasteiger charge is 2.09. The van der Waals surface area contributed by atoms with Gasteiger partial charge in [-0.2, -0.15) is 0 Å². The monoisotopic (exact) mass is 380 g/mol. The molecule has 26 heavy (non-hydrogen) atoms. The second-order valence-electron chi connectivity index (χ2n) is 5.17. The Balaban J connectivity index is 1.73. The first kappa shape index (κ1) is 19.7. The standard InChI is InChI=1S/C18H18F2N2O3S/c1-2-25-16-8-7-14(9-15(16)20)22-18(24)11-26-10-17(23)21-13-5-3-12(19)4-6-13/h3-9H,2,10-11H2,1H3,(H,21,23)(H,22,24). The molecule has 0 aliphatic heterocycles. The van der Waals surface area contributed by atoms with Crippen LogP contribution >= 0.6 is 11.8 Å². The molecule has 2 amide bonds. The molecule has 0 aliphatic carbocycles. The molecule has 0 atom stereocenters. The Morgan fingerprint density at radius 2 is 1.54 bits per heavy atom. The third kappa shape index (κ3) is 6.36. The Labute approximate surface area is 154 Å². The summed E-state index contributed by atoms with van der Waals surface area (Å²) in [5.74, 6) is -1.39. The first-order valence-corrected chi connectivity index (χ1v) is 8.98. The van der Waals surface area contributed by atoms with Crippen molar-refractivity contribution in [2.45, 2.75) is 6.92 Å². The number of carbonyl (C=O) groups excluding carboxylic acids is 2.